The summed E-state index contributed by atoms with van der Waals surface area (Å²) in [6.45, 7) is 3.28. The van der Waals surface area contributed by atoms with Crippen molar-refractivity contribution in [3.8, 4) is 0 Å². The van der Waals surface area contributed by atoms with Gasteiger partial charge >= 0.3 is 6.09 Å². The lowest BCUT2D eigenvalue weighted by Crippen LogP contribution is -2.48. The Morgan fingerprint density at radius 3 is 2.47 bits per heavy atom. The summed E-state index contributed by atoms with van der Waals surface area (Å²) in [6.07, 6.45) is -0.712. The Labute approximate surface area is 207 Å². The number of amides is 2. The maximum atomic E-state index is 13.9. The topological polar surface area (TPSA) is 83.2 Å². The Hall–Kier alpha value is -4.20. The number of hydrogen-bond acceptors (Lipinski definition) is 3. The predicted octanol–water partition coefficient (Wildman–Crippen LogP) is 5.47. The van der Waals surface area contributed by atoms with Crippen molar-refractivity contribution in [2.75, 3.05) is 0 Å². The van der Waals surface area contributed by atoms with Gasteiger partial charge in [0.2, 0.25) is 5.91 Å². The van der Waals surface area contributed by atoms with Crippen LogP contribution in [0.3, 0.4) is 0 Å². The molecule has 0 bridgehead atoms. The molecule has 3 N–H and O–H groups in total. The van der Waals surface area contributed by atoms with Crippen molar-refractivity contribution >= 4 is 22.9 Å². The zero-order chi connectivity index (χ0) is 25.7. The molecule has 0 aliphatic rings. The molecule has 6 nitrogen and oxygen atoms in total. The Morgan fingerprint density at radius 1 is 0.972 bits per heavy atom. The van der Waals surface area contributed by atoms with Crippen LogP contribution in [0.15, 0.2) is 72.8 Å². The van der Waals surface area contributed by atoms with Crippen molar-refractivity contribution in [1.29, 1.82) is 0 Å². The minimum absolute atomic E-state index is 0.101. The van der Waals surface area contributed by atoms with Gasteiger partial charge in [-0.25, -0.2) is 13.6 Å². The number of carbonyl (C=O) groups excluding carboxylic acids is 2. The summed E-state index contributed by atoms with van der Waals surface area (Å²) in [6, 6.07) is 18.8. The van der Waals surface area contributed by atoms with Gasteiger partial charge in [-0.05, 0) is 49.2 Å². The zero-order valence-electron chi connectivity index (χ0n) is 20.0. The number of halogens is 2. The van der Waals surface area contributed by atoms with Crippen molar-refractivity contribution in [3.05, 3.63) is 107 Å². The molecule has 4 rings (SSSR count). The minimum atomic E-state index is -0.973. The molecule has 2 amide bonds. The minimum Gasteiger partial charge on any atom is -0.445 e. The Balaban J connectivity index is 1.52. The first kappa shape index (κ1) is 24.9. The van der Waals surface area contributed by atoms with Crippen LogP contribution in [0.25, 0.3) is 10.9 Å². The molecule has 0 radical (unpaired) electrons. The SMILES string of the molecule is Cc1[nH]c2ccccc2c1C[C@@H](NC(=O)OCc1cc(F)ccc1F)C(=O)N[C@@H](C)c1ccccc1. The molecule has 1 aromatic heterocycles. The van der Waals surface area contributed by atoms with Gasteiger partial charge < -0.3 is 20.4 Å². The van der Waals surface area contributed by atoms with Crippen LogP contribution >= 0.6 is 0 Å². The number of benzene rings is 3. The van der Waals surface area contributed by atoms with Gasteiger partial charge in [0.15, 0.2) is 0 Å². The number of H-pyrrole nitrogens is 1. The second kappa shape index (κ2) is 11.0. The highest BCUT2D eigenvalue weighted by Crippen LogP contribution is 2.24. The average Bonchev–Trinajstić information content (AvgIpc) is 3.19. The Bertz CT molecular complexity index is 1370. The van der Waals surface area contributed by atoms with E-state index in [2.05, 4.69) is 15.6 Å². The summed E-state index contributed by atoms with van der Waals surface area (Å²) in [5, 5.41) is 6.49. The van der Waals surface area contributed by atoms with E-state index in [9.17, 15) is 18.4 Å². The van der Waals surface area contributed by atoms with Crippen LogP contribution in [0.5, 0.6) is 0 Å². The number of carbonyl (C=O) groups is 2. The van der Waals surface area contributed by atoms with Crippen molar-refractivity contribution in [2.45, 2.75) is 39.0 Å². The van der Waals surface area contributed by atoms with Crippen LogP contribution in [0.4, 0.5) is 13.6 Å². The summed E-state index contributed by atoms with van der Waals surface area (Å²) < 4.78 is 32.5. The number of fused-ring (bicyclic) bond motifs is 1. The fraction of sp³-hybridized carbons (Fsp3) is 0.214. The third kappa shape index (κ3) is 5.89. The molecule has 0 fully saturated rings. The lowest BCUT2D eigenvalue weighted by atomic mass is 10.0. The predicted molar refractivity (Wildman–Crippen MR) is 133 cm³/mol. The summed E-state index contributed by atoms with van der Waals surface area (Å²) in [7, 11) is 0. The number of nitrogens with one attached hydrogen (secondary N) is 3. The zero-order valence-corrected chi connectivity index (χ0v) is 20.0. The summed E-state index contributed by atoms with van der Waals surface area (Å²) in [5.74, 6) is -1.73. The third-order valence-electron chi connectivity index (χ3n) is 6.07. The number of aromatic amines is 1. The van der Waals surface area contributed by atoms with Crippen LogP contribution in [0, 0.1) is 18.6 Å². The van der Waals surface area contributed by atoms with E-state index in [0.29, 0.717) is 0 Å². The molecule has 0 spiro atoms. The second-order valence-electron chi connectivity index (χ2n) is 8.63. The number of ether oxygens (including phenoxy) is 1. The van der Waals surface area contributed by atoms with E-state index in [0.717, 1.165) is 45.9 Å². The Morgan fingerprint density at radius 2 is 1.69 bits per heavy atom. The highest BCUT2D eigenvalue weighted by atomic mass is 19.1. The van der Waals surface area contributed by atoms with Crippen molar-refractivity contribution in [3.63, 3.8) is 0 Å². The molecule has 8 heteroatoms. The number of rotatable bonds is 8. The van der Waals surface area contributed by atoms with Crippen molar-refractivity contribution in [1.82, 2.24) is 15.6 Å². The third-order valence-corrected chi connectivity index (χ3v) is 6.07. The first-order valence-electron chi connectivity index (χ1n) is 11.6. The smallest absolute Gasteiger partial charge is 0.408 e. The molecule has 0 unspecified atom stereocenters. The van der Waals surface area contributed by atoms with Crippen molar-refractivity contribution < 1.29 is 23.1 Å². The molecule has 0 saturated carbocycles. The van der Waals surface area contributed by atoms with Crippen LogP contribution < -0.4 is 10.6 Å². The number of aromatic nitrogens is 1. The number of aryl methyl sites for hydroxylation is 1. The van der Waals surface area contributed by atoms with E-state index < -0.39 is 36.3 Å². The fourth-order valence-electron chi connectivity index (χ4n) is 4.13. The van der Waals surface area contributed by atoms with Gasteiger partial charge in [-0.15, -0.1) is 0 Å². The highest BCUT2D eigenvalue weighted by molar-refractivity contribution is 5.89. The number of hydrogen-bond donors (Lipinski definition) is 3. The van der Waals surface area contributed by atoms with Crippen LogP contribution in [0.1, 0.15) is 35.3 Å². The lowest BCUT2D eigenvalue weighted by Gasteiger charge is -2.22. The van der Waals surface area contributed by atoms with E-state index in [1.807, 2.05) is 68.4 Å². The molecule has 2 atom stereocenters. The van der Waals surface area contributed by atoms with Gasteiger partial charge in [-0.2, -0.15) is 0 Å². The standard InChI is InChI=1S/C28H27F2N3O3/c1-17(19-8-4-3-5-9-19)32-27(34)26(15-23-18(2)31-25-11-7-6-10-22(23)25)33-28(35)36-16-20-14-21(29)12-13-24(20)30/h3-14,17,26,31H,15-16H2,1-2H3,(H,32,34)(H,33,35)/t17-,26+/m0/s1. The largest absolute Gasteiger partial charge is 0.445 e. The van der Waals surface area contributed by atoms with Gasteiger partial charge in [0.25, 0.3) is 0 Å². The number of alkyl carbamates (subject to hydrolysis) is 1. The highest BCUT2D eigenvalue weighted by Gasteiger charge is 2.26. The molecule has 0 aliphatic heterocycles. The van der Waals surface area contributed by atoms with Gasteiger partial charge in [0.1, 0.15) is 24.3 Å². The van der Waals surface area contributed by atoms with Crippen LogP contribution in [0.2, 0.25) is 0 Å². The van der Waals surface area contributed by atoms with Gasteiger partial charge in [0.05, 0.1) is 6.04 Å². The first-order chi connectivity index (χ1) is 17.3. The molecule has 3 aromatic carbocycles. The monoisotopic (exact) mass is 491 g/mol. The number of para-hydroxylation sites is 1. The fourth-order valence-corrected chi connectivity index (χ4v) is 4.13. The maximum absolute atomic E-state index is 13.9. The van der Waals surface area contributed by atoms with Crippen molar-refractivity contribution in [2.24, 2.45) is 0 Å². The van der Waals surface area contributed by atoms with Crippen LogP contribution in [-0.4, -0.2) is 23.0 Å². The molecule has 0 aliphatic carbocycles. The summed E-state index contributed by atoms with van der Waals surface area (Å²) in [5.41, 5.74) is 3.50. The van der Waals surface area contributed by atoms with Crippen LogP contribution in [-0.2, 0) is 22.6 Å². The van der Waals surface area contributed by atoms with E-state index in [-0.39, 0.29) is 18.0 Å². The molecule has 0 saturated heterocycles. The lowest BCUT2D eigenvalue weighted by molar-refractivity contribution is -0.123. The summed E-state index contributed by atoms with van der Waals surface area (Å²) in [4.78, 5) is 29.2. The summed E-state index contributed by atoms with van der Waals surface area (Å²) >= 11 is 0. The molecule has 1 heterocycles. The second-order valence-corrected chi connectivity index (χ2v) is 8.63. The van der Waals surface area contributed by atoms with Gasteiger partial charge in [-0.1, -0.05) is 48.5 Å². The average molecular weight is 492 g/mol. The molecule has 36 heavy (non-hydrogen) atoms. The molecule has 4 aromatic rings. The Kier molecular flexibility index (Phi) is 7.63. The van der Waals surface area contributed by atoms with E-state index in [1.54, 1.807) is 0 Å². The van der Waals surface area contributed by atoms with E-state index in [4.69, 9.17) is 4.74 Å². The molecule has 186 valence electrons. The van der Waals surface area contributed by atoms with Gasteiger partial charge in [0, 0.05) is 28.6 Å². The molecular weight excluding hydrogens is 464 g/mol. The van der Waals surface area contributed by atoms with Gasteiger partial charge in [-0.3, -0.25) is 4.79 Å². The maximum Gasteiger partial charge on any atom is 0.408 e. The molecular formula is C28H27F2N3O3. The van der Waals surface area contributed by atoms with E-state index in [1.165, 1.54) is 0 Å². The van der Waals surface area contributed by atoms with E-state index >= 15 is 0 Å². The first-order valence-corrected chi connectivity index (χ1v) is 11.6. The quantitative estimate of drug-likeness (QED) is 0.306. The normalized spacial score (nSPS) is 12.7.